The van der Waals surface area contributed by atoms with Crippen LogP contribution in [0.3, 0.4) is 0 Å². The van der Waals surface area contributed by atoms with Gasteiger partial charge >= 0.3 is 23.5 Å². The van der Waals surface area contributed by atoms with E-state index in [2.05, 4.69) is 13.1 Å². The molecule has 0 aromatic heterocycles. The number of rotatable bonds is 7. The highest BCUT2D eigenvalue weighted by Crippen LogP contribution is 2.66. The first kappa shape index (κ1) is 17.7. The number of phosphoric ester groups is 1. The zero-order valence-corrected chi connectivity index (χ0v) is 12.8. The standard InChI is InChI=1S/C6H12FO11P3/c7-6-1-4(16-5(6)2-6)3-15-20(11,12)18-21(13,14)17-19(8,9)10/h4-5H,1-3H2,(H,11,12)(H,13,14)(H2,8,9,10)/t4-,5-,6+/m0/s1. The number of fused-ring (bicyclic) bond motifs is 1. The molecule has 2 fully saturated rings. The molecule has 2 rings (SSSR count). The quantitative estimate of drug-likeness (QED) is 0.462. The zero-order valence-electron chi connectivity index (χ0n) is 10.1. The second-order valence-corrected chi connectivity index (χ2v) is 9.00. The van der Waals surface area contributed by atoms with Crippen LogP contribution in [0.25, 0.3) is 0 Å². The van der Waals surface area contributed by atoms with E-state index in [0.717, 1.165) is 0 Å². The molecule has 21 heavy (non-hydrogen) atoms. The molecule has 15 heteroatoms. The van der Waals surface area contributed by atoms with Gasteiger partial charge in [0.15, 0.2) is 0 Å². The van der Waals surface area contributed by atoms with Crippen LogP contribution in [0, 0.1) is 0 Å². The lowest BCUT2D eigenvalue weighted by Crippen LogP contribution is -2.17. The van der Waals surface area contributed by atoms with E-state index in [1.165, 1.54) is 0 Å². The predicted molar refractivity (Wildman–Crippen MR) is 61.6 cm³/mol. The Kier molecular flexibility index (Phi) is 4.57. The van der Waals surface area contributed by atoms with Crippen LogP contribution in [0.15, 0.2) is 0 Å². The lowest BCUT2D eigenvalue weighted by Gasteiger charge is -2.18. The predicted octanol–water partition coefficient (Wildman–Crippen LogP) is 0.599. The van der Waals surface area contributed by atoms with Crippen LogP contribution < -0.4 is 0 Å². The maximum absolute atomic E-state index is 13.5. The Morgan fingerprint density at radius 2 is 1.71 bits per heavy atom. The fraction of sp³-hybridized carbons (Fsp3) is 1.00. The minimum Gasteiger partial charge on any atom is -0.369 e. The van der Waals surface area contributed by atoms with E-state index < -0.39 is 48.0 Å². The molecule has 124 valence electrons. The summed E-state index contributed by atoms with van der Waals surface area (Å²) in [6, 6.07) is 0. The molecule has 0 aromatic carbocycles. The Labute approximate surface area is 117 Å². The van der Waals surface area contributed by atoms with E-state index in [-0.39, 0.29) is 12.8 Å². The molecule has 0 radical (unpaired) electrons. The SMILES string of the molecule is O=P(O)(O)OP(=O)(O)OP(=O)(O)OC[C@@H]1C[C@@]2(F)C[C@@H]2O1. The number of alkyl halides is 1. The van der Waals surface area contributed by atoms with E-state index in [1.807, 2.05) is 0 Å². The first-order chi connectivity index (χ1) is 9.30. The summed E-state index contributed by atoms with van der Waals surface area (Å²) in [6.07, 6.45) is -1.25. The summed E-state index contributed by atoms with van der Waals surface area (Å²) in [6.45, 7) is -0.605. The minimum atomic E-state index is -5.53. The van der Waals surface area contributed by atoms with Gasteiger partial charge < -0.3 is 24.3 Å². The van der Waals surface area contributed by atoms with Gasteiger partial charge in [0.2, 0.25) is 0 Å². The van der Waals surface area contributed by atoms with Gasteiger partial charge in [-0.05, 0) is 0 Å². The van der Waals surface area contributed by atoms with Crippen molar-refractivity contribution in [2.24, 2.45) is 0 Å². The summed E-state index contributed by atoms with van der Waals surface area (Å²) in [5, 5.41) is 0. The van der Waals surface area contributed by atoms with Gasteiger partial charge in [0.25, 0.3) is 0 Å². The number of ether oxygens (including phenoxy) is 1. The average Bonchev–Trinajstić information content (AvgIpc) is 2.69. The largest absolute Gasteiger partial charge is 0.490 e. The average molecular weight is 372 g/mol. The molecule has 1 aliphatic heterocycles. The van der Waals surface area contributed by atoms with E-state index >= 15 is 0 Å². The summed E-state index contributed by atoms with van der Waals surface area (Å²) in [4.78, 5) is 34.7. The number of hydrogen-bond acceptors (Lipinski definition) is 7. The molecule has 0 amide bonds. The van der Waals surface area contributed by atoms with Gasteiger partial charge in [-0.1, -0.05) is 0 Å². The van der Waals surface area contributed by atoms with Crippen LogP contribution in [-0.2, 0) is 31.6 Å². The van der Waals surface area contributed by atoms with E-state index in [0.29, 0.717) is 0 Å². The molecule has 4 N–H and O–H groups in total. The summed E-state index contributed by atoms with van der Waals surface area (Å²) >= 11 is 0. The third-order valence-electron chi connectivity index (χ3n) is 2.70. The molecule has 5 atom stereocenters. The zero-order chi connectivity index (χ0) is 16.1. The highest BCUT2D eigenvalue weighted by Gasteiger charge is 2.63. The van der Waals surface area contributed by atoms with Gasteiger partial charge in [-0.3, -0.25) is 4.52 Å². The molecule has 1 saturated carbocycles. The molecular formula is C6H12FO11P3. The smallest absolute Gasteiger partial charge is 0.369 e. The van der Waals surface area contributed by atoms with Crippen LogP contribution in [0.1, 0.15) is 12.8 Å². The van der Waals surface area contributed by atoms with Crippen molar-refractivity contribution in [1.82, 2.24) is 0 Å². The minimum absolute atomic E-state index is 0.0621. The molecular weight excluding hydrogens is 360 g/mol. The lowest BCUT2D eigenvalue weighted by molar-refractivity contribution is 0.0283. The van der Waals surface area contributed by atoms with Gasteiger partial charge in [-0.2, -0.15) is 8.62 Å². The van der Waals surface area contributed by atoms with Crippen molar-refractivity contribution in [1.29, 1.82) is 0 Å². The van der Waals surface area contributed by atoms with Gasteiger partial charge in [0.05, 0.1) is 18.8 Å². The number of phosphoric acid groups is 3. The molecule has 0 bridgehead atoms. The van der Waals surface area contributed by atoms with E-state index in [4.69, 9.17) is 24.3 Å². The van der Waals surface area contributed by atoms with Crippen LogP contribution >= 0.6 is 23.5 Å². The Bertz CT molecular complexity index is 560. The van der Waals surface area contributed by atoms with Crippen molar-refractivity contribution >= 4 is 23.5 Å². The highest BCUT2D eigenvalue weighted by molar-refractivity contribution is 7.66. The highest BCUT2D eigenvalue weighted by atomic mass is 31.3. The molecule has 0 spiro atoms. The Morgan fingerprint density at radius 3 is 2.19 bits per heavy atom. The Hall–Kier alpha value is 0.300. The van der Waals surface area contributed by atoms with Crippen LogP contribution in [0.2, 0.25) is 0 Å². The second kappa shape index (κ2) is 5.43. The Morgan fingerprint density at radius 1 is 1.10 bits per heavy atom. The van der Waals surface area contributed by atoms with Crippen molar-refractivity contribution in [3.8, 4) is 0 Å². The summed E-state index contributed by atoms with van der Waals surface area (Å²) in [7, 11) is -16.1. The number of halogens is 1. The normalized spacial score (nSPS) is 37.6. The second-order valence-electron chi connectivity index (χ2n) is 4.58. The van der Waals surface area contributed by atoms with Gasteiger partial charge in [0.1, 0.15) is 5.67 Å². The third-order valence-corrected chi connectivity index (χ3v) is 6.51. The van der Waals surface area contributed by atoms with Crippen molar-refractivity contribution in [3.63, 3.8) is 0 Å². The monoisotopic (exact) mass is 372 g/mol. The lowest BCUT2D eigenvalue weighted by atomic mass is 10.2. The molecule has 1 aliphatic carbocycles. The van der Waals surface area contributed by atoms with Crippen molar-refractivity contribution in [3.05, 3.63) is 0 Å². The van der Waals surface area contributed by atoms with E-state index in [9.17, 15) is 18.1 Å². The molecule has 11 nitrogen and oxygen atoms in total. The molecule has 1 heterocycles. The third kappa shape index (κ3) is 5.16. The van der Waals surface area contributed by atoms with Crippen LogP contribution in [-0.4, -0.2) is 44.1 Å². The van der Waals surface area contributed by atoms with Crippen LogP contribution in [0.4, 0.5) is 4.39 Å². The summed E-state index contributed by atoms with van der Waals surface area (Å²) < 4.78 is 62.6. The van der Waals surface area contributed by atoms with Crippen LogP contribution in [0.5, 0.6) is 0 Å². The molecule has 0 aromatic rings. The first-order valence-corrected chi connectivity index (χ1v) is 9.95. The van der Waals surface area contributed by atoms with Crippen molar-refractivity contribution < 1.29 is 55.5 Å². The maximum atomic E-state index is 13.5. The summed E-state index contributed by atoms with van der Waals surface area (Å²) in [5.74, 6) is 0. The van der Waals surface area contributed by atoms with Gasteiger partial charge in [0, 0.05) is 12.8 Å². The fourth-order valence-corrected chi connectivity index (χ4v) is 4.92. The van der Waals surface area contributed by atoms with Crippen molar-refractivity contribution in [2.75, 3.05) is 6.61 Å². The van der Waals surface area contributed by atoms with E-state index in [1.54, 1.807) is 0 Å². The fourth-order valence-electron chi connectivity index (χ4n) is 1.87. The molecule has 2 aliphatic rings. The topological polar surface area (TPSA) is 169 Å². The number of hydrogen-bond donors (Lipinski definition) is 4. The molecule has 2 unspecified atom stereocenters. The molecule has 1 saturated heterocycles. The summed E-state index contributed by atoms with van der Waals surface area (Å²) in [5.41, 5.74) is -1.47. The maximum Gasteiger partial charge on any atom is 0.490 e. The Balaban J connectivity index is 1.83. The first-order valence-electron chi connectivity index (χ1n) is 5.43. The van der Waals surface area contributed by atoms with Crippen molar-refractivity contribution in [2.45, 2.75) is 30.7 Å². The van der Waals surface area contributed by atoms with Gasteiger partial charge in [-0.25, -0.2) is 18.1 Å². The van der Waals surface area contributed by atoms with Gasteiger partial charge in [-0.15, -0.1) is 0 Å².